The molecule has 13 heavy (non-hydrogen) atoms. The zero-order chi connectivity index (χ0) is 10.3. The molecule has 0 aromatic carbocycles. The maximum atomic E-state index is 11.0. The molecular formula is C9H7NO2S. The van der Waals surface area contributed by atoms with E-state index in [1.807, 2.05) is 0 Å². The molecule has 0 aliphatic carbocycles. The van der Waals surface area contributed by atoms with Crippen LogP contribution in [-0.2, 0) is 4.79 Å². The first-order valence-electron chi connectivity index (χ1n) is 3.24. The van der Waals surface area contributed by atoms with Crippen LogP contribution in [0.5, 0.6) is 0 Å². The van der Waals surface area contributed by atoms with Crippen LogP contribution >= 0.6 is 12.6 Å². The SMILES string of the molecule is C#CC#CCC(S)C(=O)N(O)C#C. The van der Waals surface area contributed by atoms with Gasteiger partial charge in [-0.1, -0.05) is 12.3 Å². The van der Waals surface area contributed by atoms with Crippen molar-refractivity contribution in [3.05, 3.63) is 0 Å². The van der Waals surface area contributed by atoms with Gasteiger partial charge in [0.05, 0.1) is 5.25 Å². The molecule has 0 aromatic rings. The van der Waals surface area contributed by atoms with E-state index in [9.17, 15) is 4.79 Å². The molecule has 4 heteroatoms. The van der Waals surface area contributed by atoms with Crippen molar-refractivity contribution in [2.24, 2.45) is 0 Å². The van der Waals surface area contributed by atoms with Crippen LogP contribution in [0.1, 0.15) is 6.42 Å². The van der Waals surface area contributed by atoms with E-state index in [0.717, 1.165) is 0 Å². The summed E-state index contributed by atoms with van der Waals surface area (Å²) in [6, 6.07) is 1.74. The third-order valence-corrected chi connectivity index (χ3v) is 1.48. The summed E-state index contributed by atoms with van der Waals surface area (Å²) in [6.07, 6.45) is 9.76. The minimum absolute atomic E-state index is 0.134. The van der Waals surface area contributed by atoms with E-state index < -0.39 is 11.2 Å². The first-order valence-corrected chi connectivity index (χ1v) is 3.75. The van der Waals surface area contributed by atoms with Crippen molar-refractivity contribution in [1.82, 2.24) is 5.06 Å². The lowest BCUT2D eigenvalue weighted by Crippen LogP contribution is -2.30. The van der Waals surface area contributed by atoms with Gasteiger partial charge in [-0.25, -0.2) is 0 Å². The zero-order valence-electron chi connectivity index (χ0n) is 6.69. The van der Waals surface area contributed by atoms with Crippen LogP contribution in [0.4, 0.5) is 0 Å². The summed E-state index contributed by atoms with van der Waals surface area (Å²) in [7, 11) is 0. The third-order valence-electron chi connectivity index (χ3n) is 1.07. The van der Waals surface area contributed by atoms with Gasteiger partial charge in [-0.2, -0.15) is 12.6 Å². The highest BCUT2D eigenvalue weighted by Crippen LogP contribution is 2.03. The highest BCUT2D eigenvalue weighted by molar-refractivity contribution is 7.81. The lowest BCUT2D eigenvalue weighted by atomic mass is 10.3. The summed E-state index contributed by atoms with van der Waals surface area (Å²) < 4.78 is 0. The molecule has 0 aromatic heterocycles. The highest BCUT2D eigenvalue weighted by atomic mass is 32.1. The molecule has 66 valence electrons. The van der Waals surface area contributed by atoms with Gasteiger partial charge in [0.2, 0.25) is 0 Å². The predicted molar refractivity (Wildman–Crippen MR) is 51.5 cm³/mol. The van der Waals surface area contributed by atoms with Gasteiger partial charge >= 0.3 is 0 Å². The normalized spacial score (nSPS) is 9.85. The molecule has 1 atom stereocenters. The summed E-state index contributed by atoms with van der Waals surface area (Å²) in [6.45, 7) is 0. The fourth-order valence-corrected chi connectivity index (χ4v) is 0.691. The molecule has 1 amide bonds. The first-order chi connectivity index (χ1) is 6.13. The molecule has 0 spiro atoms. The number of amides is 1. The van der Waals surface area contributed by atoms with Gasteiger partial charge < -0.3 is 0 Å². The van der Waals surface area contributed by atoms with Crippen LogP contribution in [0.25, 0.3) is 0 Å². The van der Waals surface area contributed by atoms with Crippen LogP contribution in [0.2, 0.25) is 0 Å². The van der Waals surface area contributed by atoms with Crippen molar-refractivity contribution in [3.63, 3.8) is 0 Å². The van der Waals surface area contributed by atoms with E-state index in [1.165, 1.54) is 0 Å². The Labute approximate surface area is 82.5 Å². The van der Waals surface area contributed by atoms with Gasteiger partial charge in [-0.05, 0) is 11.8 Å². The lowest BCUT2D eigenvalue weighted by Gasteiger charge is -2.09. The van der Waals surface area contributed by atoms with Gasteiger partial charge in [0.1, 0.15) is 0 Å². The van der Waals surface area contributed by atoms with E-state index in [1.54, 1.807) is 6.04 Å². The highest BCUT2D eigenvalue weighted by Gasteiger charge is 2.17. The predicted octanol–water partition coefficient (Wildman–Crippen LogP) is 0.120. The van der Waals surface area contributed by atoms with Crippen molar-refractivity contribution in [3.8, 4) is 36.7 Å². The average molecular weight is 193 g/mol. The Bertz CT molecular complexity index is 326. The maximum Gasteiger partial charge on any atom is 0.272 e. The largest absolute Gasteiger partial charge is 0.273 e. The molecule has 0 saturated carbocycles. The molecule has 0 saturated heterocycles. The number of hydrogen-bond acceptors (Lipinski definition) is 3. The van der Waals surface area contributed by atoms with Crippen LogP contribution < -0.4 is 0 Å². The van der Waals surface area contributed by atoms with Gasteiger partial charge in [0.15, 0.2) is 0 Å². The third kappa shape index (κ3) is 4.13. The fraction of sp³-hybridized carbons (Fsp3) is 0.222. The van der Waals surface area contributed by atoms with Crippen molar-refractivity contribution in [1.29, 1.82) is 0 Å². The van der Waals surface area contributed by atoms with E-state index in [0.29, 0.717) is 0 Å². The molecule has 0 radical (unpaired) electrons. The summed E-state index contributed by atoms with van der Waals surface area (Å²) in [5, 5.41) is 8.14. The van der Waals surface area contributed by atoms with Gasteiger partial charge in [-0.15, -0.1) is 11.5 Å². The molecular weight excluding hydrogens is 186 g/mol. The zero-order valence-corrected chi connectivity index (χ0v) is 7.58. The molecule has 0 fully saturated rings. The van der Waals surface area contributed by atoms with Gasteiger partial charge in [0, 0.05) is 12.5 Å². The maximum absolute atomic E-state index is 11.0. The molecule has 3 nitrogen and oxygen atoms in total. The average Bonchev–Trinajstić information content (AvgIpc) is 2.15. The number of carbonyl (C=O) groups excluding carboxylic acids is 1. The van der Waals surface area contributed by atoms with Crippen LogP contribution in [0.3, 0.4) is 0 Å². The number of thiol groups is 1. The van der Waals surface area contributed by atoms with Gasteiger partial charge in [0.25, 0.3) is 5.91 Å². The Balaban J connectivity index is 4.15. The summed E-state index contributed by atoms with van der Waals surface area (Å²) >= 11 is 3.87. The van der Waals surface area contributed by atoms with E-state index in [2.05, 4.69) is 30.4 Å². The van der Waals surface area contributed by atoms with Gasteiger partial charge in [-0.3, -0.25) is 10.0 Å². The number of hydroxylamine groups is 2. The molecule has 0 rings (SSSR count). The second kappa shape index (κ2) is 6.03. The summed E-state index contributed by atoms with van der Waals surface area (Å²) in [5.74, 6) is 6.21. The van der Waals surface area contributed by atoms with Crippen LogP contribution in [-0.4, -0.2) is 21.4 Å². The summed E-state index contributed by atoms with van der Waals surface area (Å²) in [4.78, 5) is 11.0. The molecule has 0 aliphatic rings. The number of nitrogens with zero attached hydrogens (tertiary/aromatic N) is 1. The minimum Gasteiger partial charge on any atom is -0.273 e. The van der Waals surface area contributed by atoms with Crippen LogP contribution in [0.15, 0.2) is 0 Å². The Hall–Kier alpha value is -1.54. The number of rotatable bonds is 2. The smallest absolute Gasteiger partial charge is 0.272 e. The second-order valence-corrected chi connectivity index (χ2v) is 2.57. The standard InChI is InChI=1S/C9H7NO2S/c1-3-5-6-7-8(13)9(11)10(12)4-2/h1-2,8,12-13H,7H2. The molecule has 0 aliphatic heterocycles. The second-order valence-electron chi connectivity index (χ2n) is 1.95. The number of hydrogen-bond donors (Lipinski definition) is 2. The first kappa shape index (κ1) is 11.5. The topological polar surface area (TPSA) is 40.5 Å². The monoisotopic (exact) mass is 193 g/mol. The molecule has 0 bridgehead atoms. The minimum atomic E-state index is -0.762. The lowest BCUT2D eigenvalue weighted by molar-refractivity contribution is -0.150. The van der Waals surface area contributed by atoms with Crippen molar-refractivity contribution >= 4 is 18.5 Å². The van der Waals surface area contributed by atoms with Crippen molar-refractivity contribution in [2.45, 2.75) is 11.7 Å². The Kier molecular flexibility index (Phi) is 5.32. The molecule has 1 N–H and O–H groups in total. The molecule has 0 heterocycles. The Morgan fingerprint density at radius 2 is 2.23 bits per heavy atom. The van der Waals surface area contributed by atoms with E-state index >= 15 is 0 Å². The van der Waals surface area contributed by atoms with E-state index in [4.69, 9.17) is 18.1 Å². The Morgan fingerprint density at radius 3 is 2.69 bits per heavy atom. The molecule has 1 unspecified atom stereocenters. The van der Waals surface area contributed by atoms with Crippen molar-refractivity contribution in [2.75, 3.05) is 0 Å². The number of carbonyl (C=O) groups is 1. The summed E-state index contributed by atoms with van der Waals surface area (Å²) in [5.41, 5.74) is 0. The van der Waals surface area contributed by atoms with Crippen molar-refractivity contribution < 1.29 is 10.0 Å². The Morgan fingerprint density at radius 1 is 1.62 bits per heavy atom. The van der Waals surface area contributed by atoms with E-state index in [-0.39, 0.29) is 11.5 Å². The van der Waals surface area contributed by atoms with Crippen LogP contribution in [0, 0.1) is 36.7 Å². The number of terminal acetylenes is 2. The fourth-order valence-electron chi connectivity index (χ4n) is 0.491. The quantitative estimate of drug-likeness (QED) is 0.215.